The van der Waals surface area contributed by atoms with Gasteiger partial charge in [-0.05, 0) is 47.9 Å². The Kier molecular flexibility index (Phi) is 6.08. The molecule has 0 saturated carbocycles. The number of amides is 2. The second kappa shape index (κ2) is 8.50. The maximum Gasteiger partial charge on any atom is 0.226 e. The van der Waals surface area contributed by atoms with Crippen LogP contribution in [0.25, 0.3) is 0 Å². The van der Waals surface area contributed by atoms with Gasteiger partial charge in [0.15, 0.2) is 0 Å². The third kappa shape index (κ3) is 4.84. The van der Waals surface area contributed by atoms with Crippen molar-refractivity contribution in [3.8, 4) is 0 Å². The highest BCUT2D eigenvalue weighted by Gasteiger charge is 2.20. The van der Waals surface area contributed by atoms with Crippen LogP contribution in [0, 0.1) is 5.82 Å². The third-order valence-corrected chi connectivity index (χ3v) is 4.77. The zero-order valence-electron chi connectivity index (χ0n) is 14.9. The van der Waals surface area contributed by atoms with Crippen molar-refractivity contribution < 1.29 is 14.0 Å². The molecule has 1 unspecified atom stereocenters. The molecule has 0 bridgehead atoms. The van der Waals surface area contributed by atoms with Gasteiger partial charge in [-0.25, -0.2) is 4.39 Å². The van der Waals surface area contributed by atoms with Gasteiger partial charge in [0.05, 0.1) is 18.2 Å². The molecule has 142 valence electrons. The zero-order chi connectivity index (χ0) is 19.4. The Morgan fingerprint density at radius 1 is 1.22 bits per heavy atom. The van der Waals surface area contributed by atoms with E-state index in [-0.39, 0.29) is 29.7 Å². The van der Waals surface area contributed by atoms with Crippen LogP contribution < -0.4 is 16.0 Å². The van der Waals surface area contributed by atoms with Crippen LogP contribution in [-0.2, 0) is 22.6 Å². The maximum absolute atomic E-state index is 14.7. The molecule has 3 N–H and O–H groups in total. The first-order chi connectivity index (χ1) is 12.9. The smallest absolute Gasteiger partial charge is 0.226 e. The fourth-order valence-electron chi connectivity index (χ4n) is 3.21. The minimum atomic E-state index is -0.523. The third-order valence-electron chi connectivity index (χ3n) is 4.52. The molecule has 0 saturated heterocycles. The van der Waals surface area contributed by atoms with Gasteiger partial charge in [0.2, 0.25) is 11.8 Å². The van der Waals surface area contributed by atoms with E-state index in [0.29, 0.717) is 30.1 Å². The van der Waals surface area contributed by atoms with Crippen LogP contribution in [0.2, 0.25) is 5.02 Å². The second-order valence-corrected chi connectivity index (χ2v) is 6.98. The van der Waals surface area contributed by atoms with Crippen molar-refractivity contribution >= 4 is 29.1 Å². The number of benzene rings is 2. The van der Waals surface area contributed by atoms with E-state index in [1.165, 1.54) is 6.92 Å². The Hall–Kier alpha value is -2.44. The summed E-state index contributed by atoms with van der Waals surface area (Å²) in [7, 11) is 0. The van der Waals surface area contributed by atoms with Crippen molar-refractivity contribution in [1.29, 1.82) is 0 Å². The van der Waals surface area contributed by atoms with E-state index in [1.54, 1.807) is 30.3 Å². The molecule has 2 aromatic carbocycles. The van der Waals surface area contributed by atoms with Crippen LogP contribution in [-0.4, -0.2) is 18.4 Å². The van der Waals surface area contributed by atoms with Gasteiger partial charge in [-0.1, -0.05) is 29.8 Å². The summed E-state index contributed by atoms with van der Waals surface area (Å²) < 4.78 is 14.7. The molecule has 7 heteroatoms. The molecule has 5 nitrogen and oxygen atoms in total. The van der Waals surface area contributed by atoms with E-state index in [0.717, 1.165) is 11.1 Å². The molecule has 0 radical (unpaired) electrons. The van der Waals surface area contributed by atoms with Gasteiger partial charge in [-0.2, -0.15) is 0 Å². The Morgan fingerprint density at radius 2 is 1.96 bits per heavy atom. The molecule has 1 atom stereocenters. The molecule has 0 spiro atoms. The number of anilines is 1. The number of nitrogens with one attached hydrogen (secondary N) is 3. The molecular formula is C20H21ClFN3O2. The van der Waals surface area contributed by atoms with Crippen LogP contribution in [0.3, 0.4) is 0 Å². The number of halogens is 2. The lowest BCUT2D eigenvalue weighted by Crippen LogP contribution is -2.30. The standard InChI is InChI=1S/C20H21ClFN3O2/c1-12(26)24-18(13-2-5-15(21)6-3-13)10-19(27)25-17-7-4-14-11-23-9-8-16(14)20(17)22/h2-7,18,23H,8-11H2,1H3,(H,24,26)(H,25,27). The average Bonchev–Trinajstić information content (AvgIpc) is 2.64. The number of hydrogen-bond acceptors (Lipinski definition) is 3. The highest BCUT2D eigenvalue weighted by molar-refractivity contribution is 6.30. The monoisotopic (exact) mass is 389 g/mol. The molecule has 0 aliphatic carbocycles. The predicted molar refractivity (Wildman–Crippen MR) is 103 cm³/mol. The number of fused-ring (bicyclic) bond motifs is 1. The maximum atomic E-state index is 14.7. The lowest BCUT2D eigenvalue weighted by Gasteiger charge is -2.21. The highest BCUT2D eigenvalue weighted by atomic mass is 35.5. The first-order valence-corrected chi connectivity index (χ1v) is 9.15. The summed E-state index contributed by atoms with van der Waals surface area (Å²) in [5.74, 6) is -1.02. The highest BCUT2D eigenvalue weighted by Crippen LogP contribution is 2.26. The minimum Gasteiger partial charge on any atom is -0.349 e. The van der Waals surface area contributed by atoms with Crippen LogP contribution in [0.5, 0.6) is 0 Å². The van der Waals surface area contributed by atoms with Gasteiger partial charge < -0.3 is 16.0 Å². The number of carbonyl (C=O) groups excluding carboxylic acids is 2. The molecule has 1 aliphatic heterocycles. The van der Waals surface area contributed by atoms with Crippen LogP contribution in [0.4, 0.5) is 10.1 Å². The Morgan fingerprint density at radius 3 is 2.67 bits per heavy atom. The van der Waals surface area contributed by atoms with Crippen LogP contribution in [0.15, 0.2) is 36.4 Å². The summed E-state index contributed by atoms with van der Waals surface area (Å²) in [5, 5.41) is 9.14. The molecule has 2 amide bonds. The van der Waals surface area contributed by atoms with Gasteiger partial charge in [-0.3, -0.25) is 9.59 Å². The largest absolute Gasteiger partial charge is 0.349 e. The van der Waals surface area contributed by atoms with E-state index in [4.69, 9.17) is 11.6 Å². The molecule has 27 heavy (non-hydrogen) atoms. The van der Waals surface area contributed by atoms with E-state index in [2.05, 4.69) is 16.0 Å². The van der Waals surface area contributed by atoms with Crippen molar-refractivity contribution in [2.75, 3.05) is 11.9 Å². The fourth-order valence-corrected chi connectivity index (χ4v) is 3.34. The Balaban J connectivity index is 1.74. The summed E-state index contributed by atoms with van der Waals surface area (Å²) in [4.78, 5) is 24.0. The molecule has 0 fully saturated rings. The number of rotatable bonds is 5. The first kappa shape index (κ1) is 19.3. The van der Waals surface area contributed by atoms with E-state index in [9.17, 15) is 14.0 Å². The van der Waals surface area contributed by atoms with Gasteiger partial charge in [0.25, 0.3) is 0 Å². The first-order valence-electron chi connectivity index (χ1n) is 8.77. The summed E-state index contributed by atoms with van der Waals surface area (Å²) in [6.45, 7) is 2.72. The van der Waals surface area contributed by atoms with Gasteiger partial charge in [0.1, 0.15) is 5.82 Å². The molecular weight excluding hydrogens is 369 g/mol. The van der Waals surface area contributed by atoms with Crippen LogP contribution in [0.1, 0.15) is 36.1 Å². The number of carbonyl (C=O) groups is 2. The molecule has 2 aromatic rings. The number of hydrogen-bond donors (Lipinski definition) is 3. The van der Waals surface area contributed by atoms with Gasteiger partial charge >= 0.3 is 0 Å². The summed E-state index contributed by atoms with van der Waals surface area (Å²) >= 11 is 5.90. The van der Waals surface area contributed by atoms with Crippen molar-refractivity contribution in [2.24, 2.45) is 0 Å². The Bertz CT molecular complexity index is 855. The minimum absolute atomic E-state index is 0.0146. The Labute approximate surface area is 162 Å². The summed E-state index contributed by atoms with van der Waals surface area (Å²) in [6, 6.07) is 9.77. The van der Waals surface area contributed by atoms with Gasteiger partial charge in [0, 0.05) is 18.5 Å². The second-order valence-electron chi connectivity index (χ2n) is 6.55. The summed E-state index contributed by atoms with van der Waals surface area (Å²) in [5.41, 5.74) is 2.47. The molecule has 1 heterocycles. The average molecular weight is 390 g/mol. The quantitative estimate of drug-likeness (QED) is 0.734. The van der Waals surface area contributed by atoms with Crippen molar-refractivity contribution in [2.45, 2.75) is 32.4 Å². The van der Waals surface area contributed by atoms with E-state index >= 15 is 0 Å². The zero-order valence-corrected chi connectivity index (χ0v) is 15.7. The SMILES string of the molecule is CC(=O)NC(CC(=O)Nc1ccc2c(c1F)CCNC2)c1ccc(Cl)cc1. The lowest BCUT2D eigenvalue weighted by molar-refractivity contribution is -0.120. The van der Waals surface area contributed by atoms with Crippen molar-refractivity contribution in [1.82, 2.24) is 10.6 Å². The molecule has 1 aliphatic rings. The van der Waals surface area contributed by atoms with E-state index < -0.39 is 6.04 Å². The summed E-state index contributed by atoms with van der Waals surface area (Å²) in [6.07, 6.45) is 0.573. The molecule has 3 rings (SSSR count). The van der Waals surface area contributed by atoms with Crippen molar-refractivity contribution in [3.63, 3.8) is 0 Å². The normalized spacial score (nSPS) is 14.2. The lowest BCUT2D eigenvalue weighted by atomic mass is 9.99. The molecule has 0 aromatic heterocycles. The predicted octanol–water partition coefficient (Wildman–Crippen LogP) is 3.33. The van der Waals surface area contributed by atoms with E-state index in [1.807, 2.05) is 6.07 Å². The van der Waals surface area contributed by atoms with Crippen molar-refractivity contribution in [3.05, 3.63) is 63.9 Å². The topological polar surface area (TPSA) is 70.2 Å². The van der Waals surface area contributed by atoms with Gasteiger partial charge in [-0.15, -0.1) is 0 Å². The fraction of sp³-hybridized carbons (Fsp3) is 0.300. The van der Waals surface area contributed by atoms with Crippen LogP contribution >= 0.6 is 11.6 Å².